The van der Waals surface area contributed by atoms with Gasteiger partial charge in [0.05, 0.1) is 16.7 Å². The summed E-state index contributed by atoms with van der Waals surface area (Å²) in [6.45, 7) is 0. The molecule has 144 valence electrons. The van der Waals surface area contributed by atoms with Gasteiger partial charge in [0.15, 0.2) is 11.6 Å². The molecule has 0 spiro atoms. The molecule has 0 saturated heterocycles. The van der Waals surface area contributed by atoms with Crippen molar-refractivity contribution in [2.75, 3.05) is 0 Å². The van der Waals surface area contributed by atoms with Crippen molar-refractivity contribution < 1.29 is 32.7 Å². The van der Waals surface area contributed by atoms with Gasteiger partial charge in [-0.3, -0.25) is 9.59 Å². The minimum absolute atomic E-state index is 0.0548. The molecule has 8 heteroatoms. The lowest BCUT2D eigenvalue weighted by atomic mass is 10.1. The number of hydrogen-bond donors (Lipinski definition) is 0. The lowest BCUT2D eigenvalue weighted by molar-refractivity contribution is -0.0584. The van der Waals surface area contributed by atoms with Crippen LogP contribution in [0.1, 0.15) is 31.1 Å². The summed E-state index contributed by atoms with van der Waals surface area (Å²) < 4.78 is 31.6. The molecule has 29 heavy (non-hydrogen) atoms. The SMILES string of the molecule is O=C(ON1C(=O)c2ccccc2C1=O)c1ccc(Oc2ccc(F)c(F)c2)cc1. The van der Waals surface area contributed by atoms with Gasteiger partial charge in [-0.15, -0.1) is 0 Å². The number of carbonyl (C=O) groups excluding carboxylic acids is 3. The summed E-state index contributed by atoms with van der Waals surface area (Å²) in [6.07, 6.45) is 0. The van der Waals surface area contributed by atoms with E-state index in [0.717, 1.165) is 12.1 Å². The minimum Gasteiger partial charge on any atom is -0.457 e. The van der Waals surface area contributed by atoms with E-state index in [1.807, 2.05) is 0 Å². The summed E-state index contributed by atoms with van der Waals surface area (Å²) in [5, 5.41) is 0.415. The Morgan fingerprint density at radius 2 is 1.34 bits per heavy atom. The lowest BCUT2D eigenvalue weighted by Crippen LogP contribution is -2.32. The largest absolute Gasteiger partial charge is 0.457 e. The molecule has 4 rings (SSSR count). The molecule has 1 aliphatic rings. The van der Waals surface area contributed by atoms with E-state index in [0.29, 0.717) is 5.06 Å². The second-order valence-corrected chi connectivity index (χ2v) is 6.03. The van der Waals surface area contributed by atoms with Gasteiger partial charge in [-0.2, -0.15) is 0 Å². The number of ether oxygens (including phenoxy) is 1. The van der Waals surface area contributed by atoms with Crippen LogP contribution in [0.5, 0.6) is 11.5 Å². The van der Waals surface area contributed by atoms with E-state index in [2.05, 4.69) is 0 Å². The number of imide groups is 1. The van der Waals surface area contributed by atoms with Crippen LogP contribution in [0.3, 0.4) is 0 Å². The van der Waals surface area contributed by atoms with Crippen LogP contribution in [0, 0.1) is 11.6 Å². The average molecular weight is 395 g/mol. The third-order valence-electron chi connectivity index (χ3n) is 4.15. The van der Waals surface area contributed by atoms with Crippen LogP contribution < -0.4 is 4.74 Å². The molecular formula is C21H11F2NO5. The number of halogens is 2. The Balaban J connectivity index is 1.45. The van der Waals surface area contributed by atoms with Gasteiger partial charge >= 0.3 is 5.97 Å². The lowest BCUT2D eigenvalue weighted by Gasteiger charge is -2.13. The Kier molecular flexibility index (Phi) is 4.52. The first-order chi connectivity index (χ1) is 13.9. The first-order valence-corrected chi connectivity index (χ1v) is 8.37. The molecule has 0 atom stereocenters. The molecule has 3 aromatic carbocycles. The molecule has 0 radical (unpaired) electrons. The summed E-state index contributed by atoms with van der Waals surface area (Å²) in [6, 6.07) is 14.7. The molecule has 0 aromatic heterocycles. The van der Waals surface area contributed by atoms with Gasteiger partial charge < -0.3 is 9.57 Å². The predicted octanol–water partition coefficient (Wildman–Crippen LogP) is 4.13. The molecule has 1 heterocycles. The van der Waals surface area contributed by atoms with Crippen LogP contribution >= 0.6 is 0 Å². The topological polar surface area (TPSA) is 72.9 Å². The van der Waals surface area contributed by atoms with Gasteiger partial charge in [-0.1, -0.05) is 17.2 Å². The van der Waals surface area contributed by atoms with Crippen molar-refractivity contribution >= 4 is 17.8 Å². The summed E-state index contributed by atoms with van der Waals surface area (Å²) in [4.78, 5) is 41.7. The maximum Gasteiger partial charge on any atom is 0.363 e. The molecule has 0 unspecified atom stereocenters. The monoisotopic (exact) mass is 395 g/mol. The third-order valence-corrected chi connectivity index (χ3v) is 4.15. The van der Waals surface area contributed by atoms with E-state index in [1.165, 1.54) is 42.5 Å². The van der Waals surface area contributed by atoms with E-state index in [1.54, 1.807) is 12.1 Å². The normalized spacial score (nSPS) is 12.7. The molecule has 6 nitrogen and oxygen atoms in total. The number of amides is 2. The number of fused-ring (bicyclic) bond motifs is 1. The highest BCUT2D eigenvalue weighted by Crippen LogP contribution is 2.25. The average Bonchev–Trinajstić information content (AvgIpc) is 2.96. The molecule has 0 N–H and O–H groups in total. The summed E-state index contributed by atoms with van der Waals surface area (Å²) >= 11 is 0. The van der Waals surface area contributed by atoms with Gasteiger partial charge in [0.2, 0.25) is 0 Å². The molecule has 3 aromatic rings. The Morgan fingerprint density at radius 1 is 0.759 bits per heavy atom. The Hall–Kier alpha value is -4.07. The smallest absolute Gasteiger partial charge is 0.363 e. The van der Waals surface area contributed by atoms with Gasteiger partial charge in [0.25, 0.3) is 11.8 Å². The second kappa shape index (κ2) is 7.16. The standard InChI is InChI=1S/C21H11F2NO5/c22-17-10-9-14(11-18(17)23)28-13-7-5-12(6-8-13)21(27)29-24-19(25)15-3-1-2-4-16(15)20(24)26/h1-11H. The molecule has 2 amide bonds. The third kappa shape index (κ3) is 3.43. The fourth-order valence-corrected chi connectivity index (χ4v) is 2.72. The van der Waals surface area contributed by atoms with Gasteiger partial charge in [-0.25, -0.2) is 13.6 Å². The molecule has 0 aliphatic carbocycles. The summed E-state index contributed by atoms with van der Waals surface area (Å²) in [5.74, 6) is -4.08. The van der Waals surface area contributed by atoms with Crippen LogP contribution in [0.25, 0.3) is 0 Å². The summed E-state index contributed by atoms with van der Waals surface area (Å²) in [7, 11) is 0. The van der Waals surface area contributed by atoms with Crippen molar-refractivity contribution in [2.45, 2.75) is 0 Å². The zero-order chi connectivity index (χ0) is 20.5. The first kappa shape index (κ1) is 18.3. The molecule has 1 aliphatic heterocycles. The molecule has 0 bridgehead atoms. The van der Waals surface area contributed by atoms with Crippen molar-refractivity contribution in [1.29, 1.82) is 0 Å². The summed E-state index contributed by atoms with van der Waals surface area (Å²) in [5.41, 5.74) is 0.361. The minimum atomic E-state index is -1.05. The van der Waals surface area contributed by atoms with E-state index in [-0.39, 0.29) is 28.2 Å². The fourth-order valence-electron chi connectivity index (χ4n) is 2.72. The van der Waals surface area contributed by atoms with Crippen LogP contribution in [0.2, 0.25) is 0 Å². The van der Waals surface area contributed by atoms with E-state index >= 15 is 0 Å². The van der Waals surface area contributed by atoms with Crippen LogP contribution in [0.15, 0.2) is 66.7 Å². The molecule has 0 saturated carbocycles. The number of nitrogens with zero attached hydrogens (tertiary/aromatic N) is 1. The van der Waals surface area contributed by atoms with E-state index < -0.39 is 29.4 Å². The Labute approximate surface area is 162 Å². The van der Waals surface area contributed by atoms with Crippen molar-refractivity contribution in [1.82, 2.24) is 5.06 Å². The molecular weight excluding hydrogens is 384 g/mol. The predicted molar refractivity (Wildman–Crippen MR) is 95.2 cm³/mol. The zero-order valence-electron chi connectivity index (χ0n) is 14.6. The maximum atomic E-state index is 13.2. The van der Waals surface area contributed by atoms with Gasteiger partial charge in [0.1, 0.15) is 11.5 Å². The number of benzene rings is 3. The maximum absolute atomic E-state index is 13.2. The zero-order valence-corrected chi connectivity index (χ0v) is 14.6. The van der Waals surface area contributed by atoms with Crippen LogP contribution in [-0.4, -0.2) is 22.8 Å². The van der Waals surface area contributed by atoms with Gasteiger partial charge in [0, 0.05) is 6.07 Å². The van der Waals surface area contributed by atoms with E-state index in [4.69, 9.17) is 9.57 Å². The van der Waals surface area contributed by atoms with Crippen molar-refractivity contribution in [2.24, 2.45) is 0 Å². The highest BCUT2D eigenvalue weighted by Gasteiger charge is 2.38. The van der Waals surface area contributed by atoms with Crippen molar-refractivity contribution in [3.8, 4) is 11.5 Å². The highest BCUT2D eigenvalue weighted by molar-refractivity contribution is 6.21. The number of rotatable bonds is 4. The Bertz CT molecular complexity index is 1110. The van der Waals surface area contributed by atoms with E-state index in [9.17, 15) is 23.2 Å². The number of hydroxylamine groups is 2. The quantitative estimate of drug-likeness (QED) is 0.622. The Morgan fingerprint density at radius 3 is 1.93 bits per heavy atom. The van der Waals surface area contributed by atoms with Crippen LogP contribution in [-0.2, 0) is 4.84 Å². The van der Waals surface area contributed by atoms with Crippen molar-refractivity contribution in [3.63, 3.8) is 0 Å². The van der Waals surface area contributed by atoms with Crippen LogP contribution in [0.4, 0.5) is 8.78 Å². The first-order valence-electron chi connectivity index (χ1n) is 8.37. The van der Waals surface area contributed by atoms with Crippen molar-refractivity contribution in [3.05, 3.63) is 95.1 Å². The molecule has 0 fully saturated rings. The number of hydrogen-bond acceptors (Lipinski definition) is 5. The highest BCUT2D eigenvalue weighted by atomic mass is 19.2. The van der Waals surface area contributed by atoms with Gasteiger partial charge in [-0.05, 0) is 48.5 Å². The second-order valence-electron chi connectivity index (χ2n) is 6.03. The fraction of sp³-hybridized carbons (Fsp3) is 0. The number of carbonyl (C=O) groups is 3.